The molecule has 0 bridgehead atoms. The van der Waals surface area contributed by atoms with Gasteiger partial charge in [0.2, 0.25) is 5.88 Å². The maximum absolute atomic E-state index is 12.4. The number of aryl methyl sites for hydroxylation is 1. The van der Waals surface area contributed by atoms with Crippen LogP contribution >= 0.6 is 0 Å². The van der Waals surface area contributed by atoms with Crippen LogP contribution in [0.5, 0.6) is 5.88 Å². The minimum atomic E-state index is -0.661. The highest BCUT2D eigenvalue weighted by atomic mass is 16.6. The molecule has 2 N–H and O–H groups in total. The highest BCUT2D eigenvalue weighted by Crippen LogP contribution is 2.39. The Labute approximate surface area is 221 Å². The van der Waals surface area contributed by atoms with Crippen molar-refractivity contribution in [3.8, 4) is 5.88 Å². The highest BCUT2D eigenvalue weighted by molar-refractivity contribution is 5.05. The third-order valence-corrected chi connectivity index (χ3v) is 9.11. The van der Waals surface area contributed by atoms with Gasteiger partial charge in [-0.3, -0.25) is 9.13 Å². The zero-order valence-electron chi connectivity index (χ0n) is 24.5. The first-order valence-electron chi connectivity index (χ1n) is 15.0. The first-order chi connectivity index (χ1) is 17.3. The predicted molar refractivity (Wildman–Crippen MR) is 150 cm³/mol. The van der Waals surface area contributed by atoms with Gasteiger partial charge < -0.3 is 14.9 Å². The van der Waals surface area contributed by atoms with Crippen molar-refractivity contribution in [2.45, 2.75) is 157 Å². The van der Waals surface area contributed by atoms with Crippen LogP contribution in [0.15, 0.2) is 11.0 Å². The molecule has 0 aromatic carbocycles. The number of hydrogen-bond acceptors (Lipinski definition) is 4. The minimum Gasteiger partial charge on any atom is -0.493 e. The zero-order chi connectivity index (χ0) is 27.0. The van der Waals surface area contributed by atoms with Crippen molar-refractivity contribution in [1.82, 2.24) is 9.13 Å². The average molecular weight is 511 g/mol. The molecule has 1 aromatic rings. The molecule has 36 heavy (non-hydrogen) atoms. The number of unbranched alkanes of at least 4 members (excludes halogenated alkanes) is 3. The lowest BCUT2D eigenvalue weighted by Crippen LogP contribution is -2.27. The molecule has 1 aromatic heterocycles. The smallest absolute Gasteiger partial charge is 0.331 e. The molecular formula is C30H58N2O4. The van der Waals surface area contributed by atoms with Gasteiger partial charge in [0.15, 0.2) is 6.29 Å². The van der Waals surface area contributed by atoms with Crippen molar-refractivity contribution in [2.24, 2.45) is 10.8 Å². The highest BCUT2D eigenvalue weighted by Gasteiger charge is 2.27. The molecule has 0 aliphatic rings. The molecule has 0 fully saturated rings. The molecule has 1 heterocycles. The second-order valence-electron chi connectivity index (χ2n) is 11.0. The fourth-order valence-corrected chi connectivity index (χ4v) is 5.77. The van der Waals surface area contributed by atoms with Gasteiger partial charge in [-0.25, -0.2) is 4.79 Å². The van der Waals surface area contributed by atoms with Crippen LogP contribution in [0.1, 0.15) is 138 Å². The Hall–Kier alpha value is -1.27. The van der Waals surface area contributed by atoms with E-state index < -0.39 is 6.29 Å². The summed E-state index contributed by atoms with van der Waals surface area (Å²) in [5.74, 6) is 0.0569. The summed E-state index contributed by atoms with van der Waals surface area (Å²) in [4.78, 5) is 12.4. The number of ether oxygens (including phenoxy) is 1. The standard InChI is InChI=1S/C30H58N2O4/c1-7-13-14-19-29(8-2,9-3)21-17-18-27(34)36-24-16-15-20-30(10-4,11-5)22-23-32-26(33)25-31(12-6)28(32)35/h25,27,33-34H,7-24H2,1-6H3. The quantitative estimate of drug-likeness (QED) is 0.124. The molecule has 1 atom stereocenters. The number of aliphatic hydroxyl groups excluding tert-OH is 1. The largest absolute Gasteiger partial charge is 0.493 e. The van der Waals surface area contributed by atoms with Gasteiger partial charge >= 0.3 is 5.69 Å². The molecule has 6 heteroatoms. The number of aliphatic hydroxyl groups is 1. The Morgan fingerprint density at radius 2 is 1.39 bits per heavy atom. The maximum atomic E-state index is 12.4. The summed E-state index contributed by atoms with van der Waals surface area (Å²) in [7, 11) is 0. The molecule has 0 saturated heterocycles. The third kappa shape index (κ3) is 10.2. The van der Waals surface area contributed by atoms with Gasteiger partial charge in [-0.05, 0) is 62.7 Å². The summed E-state index contributed by atoms with van der Waals surface area (Å²) < 4.78 is 8.80. The van der Waals surface area contributed by atoms with Gasteiger partial charge in [0, 0.05) is 19.7 Å². The molecule has 0 amide bonds. The van der Waals surface area contributed by atoms with Crippen molar-refractivity contribution in [1.29, 1.82) is 0 Å². The van der Waals surface area contributed by atoms with Crippen LogP contribution in [0.2, 0.25) is 0 Å². The van der Waals surface area contributed by atoms with Gasteiger partial charge in [0.05, 0.1) is 6.20 Å². The molecule has 0 aliphatic carbocycles. The predicted octanol–water partition coefficient (Wildman–Crippen LogP) is 7.63. The molecule has 0 radical (unpaired) electrons. The summed E-state index contributed by atoms with van der Waals surface area (Å²) in [6.45, 7) is 14.9. The van der Waals surface area contributed by atoms with E-state index in [1.807, 2.05) is 6.92 Å². The SMILES string of the molecule is CCCCCC(CC)(CC)CCCC(O)OCCCCC(CC)(CC)CCn1c(O)cn(CC)c1=O. The number of imidazole rings is 1. The Balaban J connectivity index is 2.39. The van der Waals surface area contributed by atoms with E-state index in [0.717, 1.165) is 51.4 Å². The number of aromatic hydroxyl groups is 1. The first-order valence-corrected chi connectivity index (χ1v) is 15.0. The van der Waals surface area contributed by atoms with Gasteiger partial charge in [-0.15, -0.1) is 0 Å². The van der Waals surface area contributed by atoms with Gasteiger partial charge in [0.25, 0.3) is 0 Å². The minimum absolute atomic E-state index is 0.0569. The lowest BCUT2D eigenvalue weighted by atomic mass is 9.74. The van der Waals surface area contributed by atoms with Gasteiger partial charge in [0.1, 0.15) is 0 Å². The average Bonchev–Trinajstić information content (AvgIpc) is 3.17. The van der Waals surface area contributed by atoms with E-state index in [-0.39, 0.29) is 17.0 Å². The Kier molecular flexibility index (Phi) is 15.7. The van der Waals surface area contributed by atoms with Crippen molar-refractivity contribution in [3.05, 3.63) is 16.7 Å². The van der Waals surface area contributed by atoms with E-state index in [1.165, 1.54) is 55.7 Å². The molecule has 1 rings (SSSR count). The van der Waals surface area contributed by atoms with Crippen LogP contribution in [-0.4, -0.2) is 32.2 Å². The number of rotatable bonds is 22. The van der Waals surface area contributed by atoms with Crippen LogP contribution in [0.25, 0.3) is 0 Å². The summed E-state index contributed by atoms with van der Waals surface area (Å²) >= 11 is 0. The van der Waals surface area contributed by atoms with Crippen molar-refractivity contribution < 1.29 is 14.9 Å². The van der Waals surface area contributed by atoms with E-state index in [0.29, 0.717) is 25.1 Å². The fraction of sp³-hybridized carbons (Fsp3) is 0.900. The van der Waals surface area contributed by atoms with Crippen molar-refractivity contribution in [3.63, 3.8) is 0 Å². The van der Waals surface area contributed by atoms with E-state index >= 15 is 0 Å². The van der Waals surface area contributed by atoms with Crippen LogP contribution < -0.4 is 5.69 Å². The monoisotopic (exact) mass is 510 g/mol. The number of aromatic nitrogens is 2. The third-order valence-electron chi connectivity index (χ3n) is 9.11. The topological polar surface area (TPSA) is 76.6 Å². The molecule has 0 saturated carbocycles. The molecule has 0 aliphatic heterocycles. The summed E-state index contributed by atoms with van der Waals surface area (Å²) in [6.07, 6.45) is 17.5. The lowest BCUT2D eigenvalue weighted by Gasteiger charge is -2.32. The molecule has 6 nitrogen and oxygen atoms in total. The fourth-order valence-electron chi connectivity index (χ4n) is 5.77. The van der Waals surface area contributed by atoms with E-state index in [2.05, 4.69) is 34.6 Å². The Morgan fingerprint density at radius 3 is 1.92 bits per heavy atom. The number of hydrogen-bond donors (Lipinski definition) is 2. The van der Waals surface area contributed by atoms with Crippen LogP contribution in [-0.2, 0) is 17.8 Å². The second kappa shape index (κ2) is 17.3. The van der Waals surface area contributed by atoms with Gasteiger partial charge in [-0.2, -0.15) is 0 Å². The van der Waals surface area contributed by atoms with Crippen molar-refractivity contribution >= 4 is 0 Å². The van der Waals surface area contributed by atoms with E-state index in [4.69, 9.17) is 4.74 Å². The summed E-state index contributed by atoms with van der Waals surface area (Å²) in [5.41, 5.74) is 0.453. The van der Waals surface area contributed by atoms with Gasteiger partial charge in [-0.1, -0.05) is 86.0 Å². The van der Waals surface area contributed by atoms with Crippen LogP contribution in [0, 0.1) is 10.8 Å². The van der Waals surface area contributed by atoms with Crippen LogP contribution in [0.3, 0.4) is 0 Å². The normalized spacial score (nSPS) is 13.4. The molecule has 0 spiro atoms. The lowest BCUT2D eigenvalue weighted by molar-refractivity contribution is -0.106. The molecule has 212 valence electrons. The Morgan fingerprint density at radius 1 is 0.833 bits per heavy atom. The molecular weight excluding hydrogens is 452 g/mol. The zero-order valence-corrected chi connectivity index (χ0v) is 24.5. The Bertz CT molecular complexity index is 747. The summed E-state index contributed by atoms with van der Waals surface area (Å²) in [6, 6.07) is 0. The second-order valence-corrected chi connectivity index (χ2v) is 11.0. The van der Waals surface area contributed by atoms with E-state index in [9.17, 15) is 15.0 Å². The molecule has 1 unspecified atom stereocenters. The number of nitrogens with zero attached hydrogens (tertiary/aromatic N) is 2. The first kappa shape index (κ1) is 32.8. The van der Waals surface area contributed by atoms with Crippen LogP contribution in [0.4, 0.5) is 0 Å². The van der Waals surface area contributed by atoms with Crippen molar-refractivity contribution in [2.75, 3.05) is 6.61 Å². The summed E-state index contributed by atoms with van der Waals surface area (Å²) in [5, 5.41) is 20.5. The maximum Gasteiger partial charge on any atom is 0.331 e. The van der Waals surface area contributed by atoms with E-state index in [1.54, 1.807) is 4.57 Å².